The maximum absolute atomic E-state index is 6.31. The van der Waals surface area contributed by atoms with Crippen LogP contribution in [0.4, 0.5) is 0 Å². The van der Waals surface area contributed by atoms with E-state index in [1.807, 2.05) is 0 Å². The summed E-state index contributed by atoms with van der Waals surface area (Å²) in [6.07, 6.45) is 6.36. The van der Waals surface area contributed by atoms with Gasteiger partial charge < -0.3 is 10.5 Å². The molecule has 2 nitrogen and oxygen atoms in total. The van der Waals surface area contributed by atoms with Crippen molar-refractivity contribution in [1.29, 1.82) is 0 Å². The largest absolute Gasteiger partial charge is 0.372 e. The van der Waals surface area contributed by atoms with E-state index in [0.717, 1.165) is 25.4 Å². The summed E-state index contributed by atoms with van der Waals surface area (Å²) in [4.78, 5) is 0. The highest BCUT2D eigenvalue weighted by molar-refractivity contribution is 5.31. The van der Waals surface area contributed by atoms with Crippen molar-refractivity contribution < 1.29 is 4.74 Å². The monoisotopic (exact) mass is 231 g/mol. The number of hydrogen-bond acceptors (Lipinski definition) is 2. The molecule has 1 aliphatic heterocycles. The van der Waals surface area contributed by atoms with Crippen LogP contribution in [0.3, 0.4) is 0 Å². The Labute approximate surface area is 103 Å². The van der Waals surface area contributed by atoms with Gasteiger partial charge in [-0.2, -0.15) is 0 Å². The lowest BCUT2D eigenvalue weighted by Gasteiger charge is -2.30. The van der Waals surface area contributed by atoms with Crippen LogP contribution in [-0.2, 0) is 11.2 Å². The first-order valence-electron chi connectivity index (χ1n) is 6.79. The molecule has 2 aliphatic rings. The summed E-state index contributed by atoms with van der Waals surface area (Å²) in [7, 11) is 0. The molecule has 92 valence electrons. The average Bonchev–Trinajstić information content (AvgIpc) is 3.19. The average molecular weight is 231 g/mol. The lowest BCUT2D eigenvalue weighted by atomic mass is 9.91. The zero-order valence-corrected chi connectivity index (χ0v) is 10.3. The summed E-state index contributed by atoms with van der Waals surface area (Å²) < 4.78 is 5.89. The third kappa shape index (κ3) is 2.53. The maximum atomic E-state index is 6.31. The topological polar surface area (TPSA) is 35.2 Å². The molecule has 0 amide bonds. The van der Waals surface area contributed by atoms with E-state index in [9.17, 15) is 0 Å². The summed E-state index contributed by atoms with van der Waals surface area (Å²) >= 11 is 0. The van der Waals surface area contributed by atoms with E-state index >= 15 is 0 Å². The van der Waals surface area contributed by atoms with Gasteiger partial charge in [0.15, 0.2) is 0 Å². The van der Waals surface area contributed by atoms with Crippen molar-refractivity contribution in [3.63, 3.8) is 0 Å². The molecule has 2 atom stereocenters. The molecule has 3 rings (SSSR count). The molecular formula is C15H21NO. The van der Waals surface area contributed by atoms with Gasteiger partial charge in [0.05, 0.1) is 12.7 Å². The summed E-state index contributed by atoms with van der Waals surface area (Å²) in [5.41, 5.74) is 9.06. The fourth-order valence-corrected chi connectivity index (χ4v) is 2.77. The van der Waals surface area contributed by atoms with E-state index < -0.39 is 0 Å². The molecule has 0 radical (unpaired) electrons. The lowest BCUT2D eigenvalue weighted by Crippen LogP contribution is -2.33. The Hall–Kier alpha value is -0.860. The zero-order valence-electron chi connectivity index (χ0n) is 10.3. The minimum absolute atomic E-state index is 0.124. The molecule has 0 spiro atoms. The van der Waals surface area contributed by atoms with Crippen LogP contribution in [0.15, 0.2) is 24.3 Å². The van der Waals surface area contributed by atoms with Crippen molar-refractivity contribution in [2.45, 2.75) is 44.2 Å². The second-order valence-corrected chi connectivity index (χ2v) is 5.42. The van der Waals surface area contributed by atoms with Gasteiger partial charge in [0, 0.05) is 6.04 Å². The molecule has 2 unspecified atom stereocenters. The number of ether oxygens (including phenoxy) is 1. The number of rotatable bonds is 4. The number of benzene rings is 1. The second kappa shape index (κ2) is 4.79. The Morgan fingerprint density at radius 3 is 2.94 bits per heavy atom. The SMILES string of the molecule is NC(CCC1CC1)C1OCCc2ccccc21. The molecule has 1 saturated carbocycles. The molecule has 1 aromatic carbocycles. The first kappa shape index (κ1) is 11.2. The third-order valence-electron chi connectivity index (χ3n) is 4.02. The van der Waals surface area contributed by atoms with E-state index in [1.165, 1.54) is 30.4 Å². The van der Waals surface area contributed by atoms with Crippen molar-refractivity contribution in [3.05, 3.63) is 35.4 Å². The van der Waals surface area contributed by atoms with E-state index in [-0.39, 0.29) is 12.1 Å². The molecule has 1 fully saturated rings. The van der Waals surface area contributed by atoms with Gasteiger partial charge in [-0.15, -0.1) is 0 Å². The van der Waals surface area contributed by atoms with Crippen LogP contribution in [0.1, 0.15) is 42.9 Å². The fourth-order valence-electron chi connectivity index (χ4n) is 2.77. The molecule has 1 heterocycles. The Kier molecular flexibility index (Phi) is 3.17. The molecule has 2 heteroatoms. The fraction of sp³-hybridized carbons (Fsp3) is 0.600. The Morgan fingerprint density at radius 2 is 2.12 bits per heavy atom. The molecule has 0 aromatic heterocycles. The van der Waals surface area contributed by atoms with Crippen LogP contribution in [0.5, 0.6) is 0 Å². The number of fused-ring (bicyclic) bond motifs is 1. The van der Waals surface area contributed by atoms with E-state index in [4.69, 9.17) is 10.5 Å². The highest BCUT2D eigenvalue weighted by Gasteiger charge is 2.28. The highest BCUT2D eigenvalue weighted by Crippen LogP contribution is 2.36. The lowest BCUT2D eigenvalue weighted by molar-refractivity contribution is 0.0220. The van der Waals surface area contributed by atoms with Gasteiger partial charge in [0.2, 0.25) is 0 Å². The molecule has 17 heavy (non-hydrogen) atoms. The second-order valence-electron chi connectivity index (χ2n) is 5.42. The van der Waals surface area contributed by atoms with Crippen molar-refractivity contribution in [2.75, 3.05) is 6.61 Å². The first-order valence-corrected chi connectivity index (χ1v) is 6.79. The van der Waals surface area contributed by atoms with Gasteiger partial charge in [-0.3, -0.25) is 0 Å². The van der Waals surface area contributed by atoms with E-state index in [1.54, 1.807) is 0 Å². The summed E-state index contributed by atoms with van der Waals surface area (Å²) in [6.45, 7) is 0.818. The predicted octanol–water partition coefficient (Wildman–Crippen LogP) is 2.82. The van der Waals surface area contributed by atoms with Crippen molar-refractivity contribution in [3.8, 4) is 0 Å². The van der Waals surface area contributed by atoms with Crippen LogP contribution in [-0.4, -0.2) is 12.6 Å². The molecule has 1 aromatic rings. The zero-order chi connectivity index (χ0) is 11.7. The summed E-state index contributed by atoms with van der Waals surface area (Å²) in [6, 6.07) is 8.75. The van der Waals surface area contributed by atoms with Gasteiger partial charge in [-0.05, 0) is 36.3 Å². The Morgan fingerprint density at radius 1 is 1.29 bits per heavy atom. The van der Waals surface area contributed by atoms with Crippen LogP contribution in [0, 0.1) is 5.92 Å². The molecule has 0 bridgehead atoms. The van der Waals surface area contributed by atoms with Crippen LogP contribution >= 0.6 is 0 Å². The quantitative estimate of drug-likeness (QED) is 0.864. The highest BCUT2D eigenvalue weighted by atomic mass is 16.5. The summed E-state index contributed by atoms with van der Waals surface area (Å²) in [5, 5.41) is 0. The third-order valence-corrected chi connectivity index (χ3v) is 4.02. The normalized spacial score (nSPS) is 25.4. The van der Waals surface area contributed by atoms with Crippen molar-refractivity contribution in [2.24, 2.45) is 11.7 Å². The predicted molar refractivity (Wildman–Crippen MR) is 68.8 cm³/mol. The first-order chi connectivity index (χ1) is 8.34. The van der Waals surface area contributed by atoms with Crippen LogP contribution in [0.2, 0.25) is 0 Å². The van der Waals surface area contributed by atoms with Crippen LogP contribution in [0.25, 0.3) is 0 Å². The van der Waals surface area contributed by atoms with Crippen molar-refractivity contribution in [1.82, 2.24) is 0 Å². The van der Waals surface area contributed by atoms with Gasteiger partial charge in [0.1, 0.15) is 0 Å². The van der Waals surface area contributed by atoms with E-state index in [0.29, 0.717) is 0 Å². The Bertz CT molecular complexity index is 386. The smallest absolute Gasteiger partial charge is 0.0978 e. The maximum Gasteiger partial charge on any atom is 0.0978 e. The van der Waals surface area contributed by atoms with Gasteiger partial charge in [0.25, 0.3) is 0 Å². The van der Waals surface area contributed by atoms with Crippen molar-refractivity contribution >= 4 is 0 Å². The van der Waals surface area contributed by atoms with Crippen LogP contribution < -0.4 is 5.73 Å². The molecule has 2 N–H and O–H groups in total. The standard InChI is InChI=1S/C15H21NO/c16-14(8-7-11-5-6-11)15-13-4-2-1-3-12(13)9-10-17-15/h1-4,11,14-15H,5-10,16H2. The minimum Gasteiger partial charge on any atom is -0.372 e. The number of nitrogens with two attached hydrogens (primary N) is 1. The van der Waals surface area contributed by atoms with Gasteiger partial charge >= 0.3 is 0 Å². The van der Waals surface area contributed by atoms with E-state index in [2.05, 4.69) is 24.3 Å². The number of hydrogen-bond donors (Lipinski definition) is 1. The van der Waals surface area contributed by atoms with Gasteiger partial charge in [-0.25, -0.2) is 0 Å². The molecule has 1 aliphatic carbocycles. The van der Waals surface area contributed by atoms with Gasteiger partial charge in [-0.1, -0.05) is 37.1 Å². The molecule has 0 saturated heterocycles. The summed E-state index contributed by atoms with van der Waals surface area (Å²) in [5.74, 6) is 0.958. The molecular weight excluding hydrogens is 210 g/mol. The Balaban J connectivity index is 1.69. The minimum atomic E-state index is 0.124.